The van der Waals surface area contributed by atoms with Crippen molar-refractivity contribution in [2.24, 2.45) is 5.73 Å². The number of benzene rings is 2. The number of nitrogens with zero attached hydrogens (tertiary/aromatic N) is 4. The van der Waals surface area contributed by atoms with E-state index in [0.717, 1.165) is 48.6 Å². The van der Waals surface area contributed by atoms with Crippen LogP contribution in [0.1, 0.15) is 11.4 Å². The summed E-state index contributed by atoms with van der Waals surface area (Å²) in [6, 6.07) is 9.12. The van der Waals surface area contributed by atoms with Crippen LogP contribution in [-0.4, -0.2) is 60.1 Å². The summed E-state index contributed by atoms with van der Waals surface area (Å²) >= 11 is 3.38. The number of carbonyl (C=O) groups is 1. The van der Waals surface area contributed by atoms with Crippen molar-refractivity contribution in [2.45, 2.75) is 13.3 Å². The molecule has 1 amide bonds. The molecule has 1 aliphatic rings. The van der Waals surface area contributed by atoms with Crippen molar-refractivity contribution in [3.8, 4) is 5.75 Å². The van der Waals surface area contributed by atoms with Crippen molar-refractivity contribution < 1.29 is 13.9 Å². The van der Waals surface area contributed by atoms with Crippen molar-refractivity contribution >= 4 is 38.4 Å². The summed E-state index contributed by atoms with van der Waals surface area (Å²) in [5.41, 5.74) is 7.72. The fourth-order valence-corrected chi connectivity index (χ4v) is 4.48. The third-order valence-corrected chi connectivity index (χ3v) is 6.25. The molecule has 1 aliphatic heterocycles. The van der Waals surface area contributed by atoms with Gasteiger partial charge in [0.25, 0.3) is 5.91 Å². The van der Waals surface area contributed by atoms with E-state index >= 15 is 0 Å². The first kappa shape index (κ1) is 22.4. The number of nitrogens with two attached hydrogens (primary N) is 1. The number of halogens is 2. The second-order valence-electron chi connectivity index (χ2n) is 7.80. The van der Waals surface area contributed by atoms with Gasteiger partial charge >= 0.3 is 0 Å². The molecule has 2 heterocycles. The highest BCUT2D eigenvalue weighted by Gasteiger charge is 2.21. The topological polar surface area (TPSA) is 84.6 Å². The number of rotatable bonds is 7. The molecule has 0 atom stereocenters. The number of ether oxygens (including phenoxy) is 1. The molecule has 0 spiro atoms. The number of piperazine rings is 1. The molecule has 0 saturated carbocycles. The second-order valence-corrected chi connectivity index (χ2v) is 8.65. The maximum atomic E-state index is 14.5. The molecule has 0 unspecified atom stereocenters. The second kappa shape index (κ2) is 9.79. The van der Waals surface area contributed by atoms with Gasteiger partial charge in [0.05, 0.1) is 9.99 Å². The first-order valence-electron chi connectivity index (χ1n) is 10.5. The molecule has 4 rings (SSSR count). The average molecular weight is 502 g/mol. The van der Waals surface area contributed by atoms with Crippen molar-refractivity contribution in [2.75, 3.05) is 44.2 Å². The highest BCUT2D eigenvalue weighted by atomic mass is 79.9. The van der Waals surface area contributed by atoms with E-state index in [1.807, 2.05) is 25.3 Å². The molecule has 2 aromatic carbocycles. The summed E-state index contributed by atoms with van der Waals surface area (Å²) in [7, 11) is 0. The lowest BCUT2D eigenvalue weighted by Crippen LogP contribution is -2.47. The maximum absolute atomic E-state index is 14.5. The molecule has 1 fully saturated rings. The van der Waals surface area contributed by atoms with Gasteiger partial charge in [-0.3, -0.25) is 9.69 Å². The van der Waals surface area contributed by atoms with E-state index in [2.05, 4.69) is 41.8 Å². The van der Waals surface area contributed by atoms with E-state index in [0.29, 0.717) is 28.8 Å². The van der Waals surface area contributed by atoms with Gasteiger partial charge < -0.3 is 15.4 Å². The molecule has 0 aliphatic carbocycles. The van der Waals surface area contributed by atoms with Crippen LogP contribution in [0.3, 0.4) is 0 Å². The molecular formula is C23H25BrFN5O2. The van der Waals surface area contributed by atoms with Crippen molar-refractivity contribution in [1.29, 1.82) is 0 Å². The van der Waals surface area contributed by atoms with E-state index < -0.39 is 5.91 Å². The molecule has 7 nitrogen and oxygen atoms in total. The highest BCUT2D eigenvalue weighted by molar-refractivity contribution is 9.10. The van der Waals surface area contributed by atoms with Crippen LogP contribution in [0.15, 0.2) is 41.0 Å². The normalized spacial score (nSPS) is 14.7. The predicted octanol–water partition coefficient (Wildman–Crippen LogP) is 3.07. The molecule has 168 valence electrons. The molecule has 3 aromatic rings. The third kappa shape index (κ3) is 4.99. The van der Waals surface area contributed by atoms with E-state index in [1.54, 1.807) is 6.07 Å². The standard InChI is InChI=1S/C23H25BrFN5O2/c1-15-27-13-17-20(28-15)3-2-4-21(17)30-11-9-29(10-12-30)8-7-16-19(25)6-5-18(24)23(16)32-14-22(26)31/h2-6,13H,7-12,14H2,1H3,(H2,26,31). The van der Waals surface area contributed by atoms with E-state index in [9.17, 15) is 9.18 Å². The first-order chi connectivity index (χ1) is 15.4. The number of anilines is 1. The molecule has 9 heteroatoms. The average Bonchev–Trinajstić information content (AvgIpc) is 2.78. The Bertz CT molecular complexity index is 1130. The summed E-state index contributed by atoms with van der Waals surface area (Å²) in [6.07, 6.45) is 2.36. The van der Waals surface area contributed by atoms with Crippen molar-refractivity contribution in [1.82, 2.24) is 14.9 Å². The third-order valence-electron chi connectivity index (χ3n) is 5.63. The van der Waals surface area contributed by atoms with E-state index in [1.165, 1.54) is 6.07 Å². The molecule has 32 heavy (non-hydrogen) atoms. The minimum Gasteiger partial charge on any atom is -0.482 e. The summed E-state index contributed by atoms with van der Waals surface area (Å²) in [5.74, 6) is 0.154. The quantitative estimate of drug-likeness (QED) is 0.535. The first-order valence-corrected chi connectivity index (χ1v) is 11.3. The minimum atomic E-state index is -0.600. The van der Waals surface area contributed by atoms with Crippen LogP contribution in [0, 0.1) is 12.7 Å². The summed E-state index contributed by atoms with van der Waals surface area (Å²) in [4.78, 5) is 24.6. The van der Waals surface area contributed by atoms with Crippen LogP contribution in [0.2, 0.25) is 0 Å². The van der Waals surface area contributed by atoms with Gasteiger partial charge in [-0.1, -0.05) is 6.07 Å². The number of fused-ring (bicyclic) bond motifs is 1. The van der Waals surface area contributed by atoms with Gasteiger partial charge in [-0.15, -0.1) is 0 Å². The zero-order valence-electron chi connectivity index (χ0n) is 17.9. The largest absolute Gasteiger partial charge is 0.482 e. The zero-order valence-corrected chi connectivity index (χ0v) is 19.4. The van der Waals surface area contributed by atoms with E-state index in [-0.39, 0.29) is 12.4 Å². The SMILES string of the molecule is Cc1ncc2c(N3CCN(CCc4c(F)ccc(Br)c4OCC(N)=O)CC3)cccc2n1. The molecule has 0 bridgehead atoms. The van der Waals surface area contributed by atoms with Crippen molar-refractivity contribution in [3.05, 3.63) is 58.2 Å². The van der Waals surface area contributed by atoms with Crippen LogP contribution in [0.5, 0.6) is 5.75 Å². The van der Waals surface area contributed by atoms with Gasteiger partial charge in [0.1, 0.15) is 17.4 Å². The Morgan fingerprint density at radius 3 is 2.75 bits per heavy atom. The molecule has 0 radical (unpaired) electrons. The van der Waals surface area contributed by atoms with Gasteiger partial charge in [0, 0.05) is 55.6 Å². The zero-order chi connectivity index (χ0) is 22.7. The maximum Gasteiger partial charge on any atom is 0.255 e. The Morgan fingerprint density at radius 2 is 2.00 bits per heavy atom. The fourth-order valence-electron chi connectivity index (χ4n) is 4.00. The summed E-state index contributed by atoms with van der Waals surface area (Å²) < 4.78 is 20.6. The number of carbonyl (C=O) groups excluding carboxylic acids is 1. The lowest BCUT2D eigenvalue weighted by molar-refractivity contribution is -0.119. The monoisotopic (exact) mass is 501 g/mol. The minimum absolute atomic E-state index is 0.290. The fraction of sp³-hybridized carbons (Fsp3) is 0.348. The number of primary amides is 1. The number of hydrogen-bond donors (Lipinski definition) is 1. The number of aromatic nitrogens is 2. The Hall–Kier alpha value is -2.78. The summed E-state index contributed by atoms with van der Waals surface area (Å²) in [5, 5.41) is 1.05. The van der Waals surface area contributed by atoms with Gasteiger partial charge in [-0.25, -0.2) is 14.4 Å². The summed E-state index contributed by atoms with van der Waals surface area (Å²) in [6.45, 7) is 5.72. The molecular weight excluding hydrogens is 477 g/mol. The molecule has 2 N–H and O–H groups in total. The Morgan fingerprint density at radius 1 is 1.22 bits per heavy atom. The Balaban J connectivity index is 1.41. The Labute approximate surface area is 194 Å². The van der Waals surface area contributed by atoms with Gasteiger partial charge in [-0.2, -0.15) is 0 Å². The van der Waals surface area contributed by atoms with Crippen LogP contribution >= 0.6 is 15.9 Å². The van der Waals surface area contributed by atoms with Crippen LogP contribution in [0.4, 0.5) is 10.1 Å². The number of amides is 1. The van der Waals surface area contributed by atoms with E-state index in [4.69, 9.17) is 10.5 Å². The highest BCUT2D eigenvalue weighted by Crippen LogP contribution is 2.32. The number of hydrogen-bond acceptors (Lipinski definition) is 6. The molecule has 1 saturated heterocycles. The van der Waals surface area contributed by atoms with Crippen LogP contribution in [0.25, 0.3) is 10.9 Å². The van der Waals surface area contributed by atoms with Crippen molar-refractivity contribution in [3.63, 3.8) is 0 Å². The lowest BCUT2D eigenvalue weighted by atomic mass is 10.1. The van der Waals surface area contributed by atoms with Gasteiger partial charge in [0.15, 0.2) is 6.61 Å². The van der Waals surface area contributed by atoms with Gasteiger partial charge in [-0.05, 0) is 53.5 Å². The van der Waals surface area contributed by atoms with Gasteiger partial charge in [0.2, 0.25) is 0 Å². The number of aryl methyl sites for hydroxylation is 1. The predicted molar refractivity (Wildman–Crippen MR) is 125 cm³/mol. The molecule has 1 aromatic heterocycles. The van der Waals surface area contributed by atoms with Crippen LogP contribution in [-0.2, 0) is 11.2 Å². The lowest BCUT2D eigenvalue weighted by Gasteiger charge is -2.36. The van der Waals surface area contributed by atoms with Crippen LogP contribution < -0.4 is 15.4 Å². The smallest absolute Gasteiger partial charge is 0.255 e. The Kier molecular flexibility index (Phi) is 6.86.